The summed E-state index contributed by atoms with van der Waals surface area (Å²) < 4.78 is 28.2. The van der Waals surface area contributed by atoms with Crippen molar-refractivity contribution in [1.82, 2.24) is 29.3 Å². The molecular weight excluding hydrogens is 430 g/mol. The molecule has 0 saturated carbocycles. The summed E-state index contributed by atoms with van der Waals surface area (Å²) in [5.74, 6) is 0.656. The molecule has 2 N–H and O–H groups in total. The number of aryl methyl sites for hydroxylation is 1. The van der Waals surface area contributed by atoms with E-state index in [1.807, 2.05) is 19.2 Å². The van der Waals surface area contributed by atoms with Crippen molar-refractivity contribution in [3.05, 3.63) is 41.5 Å². The van der Waals surface area contributed by atoms with Crippen LogP contribution in [0.15, 0.2) is 24.5 Å². The molecule has 3 aromatic rings. The van der Waals surface area contributed by atoms with Gasteiger partial charge in [0.2, 0.25) is 0 Å². The number of carbonyl (C=O) groups excluding carboxylic acids is 1. The number of hydrogen-bond acceptors (Lipinski definition) is 6. The predicted octanol–water partition coefficient (Wildman–Crippen LogP) is 2.40. The Bertz CT molecular complexity index is 1160. The van der Waals surface area contributed by atoms with Gasteiger partial charge in [0.1, 0.15) is 18.1 Å². The lowest BCUT2D eigenvalue weighted by atomic mass is 9.99. The molecule has 33 heavy (non-hydrogen) atoms. The van der Waals surface area contributed by atoms with Crippen LogP contribution in [0.2, 0.25) is 0 Å². The second-order valence-electron chi connectivity index (χ2n) is 8.94. The first-order valence-electron chi connectivity index (χ1n) is 11.4. The van der Waals surface area contributed by atoms with Crippen LogP contribution < -0.4 is 10.6 Å². The second kappa shape index (κ2) is 8.69. The Morgan fingerprint density at radius 2 is 2.09 bits per heavy atom. The molecule has 1 amide bonds. The number of alkyl halides is 2. The average Bonchev–Trinajstić information content (AvgIpc) is 3.52. The number of piperidine rings is 1. The van der Waals surface area contributed by atoms with Gasteiger partial charge >= 0.3 is 0 Å². The first kappa shape index (κ1) is 21.7. The highest BCUT2D eigenvalue weighted by atomic mass is 19.3. The van der Waals surface area contributed by atoms with Gasteiger partial charge in [-0.1, -0.05) is 0 Å². The summed E-state index contributed by atoms with van der Waals surface area (Å²) in [6.07, 6.45) is 4.44. The van der Waals surface area contributed by atoms with Crippen LogP contribution in [-0.2, 0) is 6.54 Å². The molecule has 5 heterocycles. The molecule has 2 aliphatic rings. The molecule has 2 aliphatic heterocycles. The van der Waals surface area contributed by atoms with Gasteiger partial charge in [0, 0.05) is 49.7 Å². The van der Waals surface area contributed by atoms with Crippen molar-refractivity contribution in [3.8, 4) is 0 Å². The van der Waals surface area contributed by atoms with E-state index in [1.165, 1.54) is 12.3 Å². The molecule has 5 rings (SSSR count). The Morgan fingerprint density at radius 1 is 1.24 bits per heavy atom. The molecule has 3 aromatic heterocycles. The van der Waals surface area contributed by atoms with Crippen molar-refractivity contribution in [2.24, 2.45) is 5.73 Å². The quantitative estimate of drug-likeness (QED) is 0.631. The van der Waals surface area contributed by atoms with Crippen molar-refractivity contribution < 1.29 is 13.6 Å². The standard InChI is InChI=1S/C22H28F2N8O/c1-14-11-32-20(26-21(14)29-8-5-15(25)12-29)10-17(28-32)18-4-2-3-7-31(18)22(33)16-6-9-30(27-16)13-19(23)24/h6,9-11,15,18-19H,2-5,7-8,12-13,25H2,1H3/t15-,18-/m0/s1. The average molecular weight is 459 g/mol. The number of rotatable bonds is 5. The van der Waals surface area contributed by atoms with E-state index in [0.29, 0.717) is 6.54 Å². The van der Waals surface area contributed by atoms with Crippen LogP contribution in [0, 0.1) is 6.92 Å². The van der Waals surface area contributed by atoms with E-state index in [0.717, 1.165) is 66.2 Å². The van der Waals surface area contributed by atoms with E-state index in [9.17, 15) is 13.6 Å². The number of carbonyl (C=O) groups is 1. The lowest BCUT2D eigenvalue weighted by Gasteiger charge is -2.34. The van der Waals surface area contributed by atoms with Crippen LogP contribution in [0.3, 0.4) is 0 Å². The van der Waals surface area contributed by atoms with E-state index in [-0.39, 0.29) is 23.7 Å². The van der Waals surface area contributed by atoms with Crippen molar-refractivity contribution in [2.75, 3.05) is 24.5 Å². The number of likely N-dealkylation sites (tertiary alicyclic amines) is 1. The van der Waals surface area contributed by atoms with Gasteiger partial charge in [0.25, 0.3) is 12.3 Å². The van der Waals surface area contributed by atoms with Crippen molar-refractivity contribution in [2.45, 2.75) is 57.7 Å². The Morgan fingerprint density at radius 3 is 2.85 bits per heavy atom. The molecule has 2 saturated heterocycles. The van der Waals surface area contributed by atoms with Crippen molar-refractivity contribution >= 4 is 17.4 Å². The minimum absolute atomic E-state index is 0.161. The summed E-state index contributed by atoms with van der Waals surface area (Å²) in [6.45, 7) is 3.73. The van der Waals surface area contributed by atoms with E-state index in [2.05, 4.69) is 10.00 Å². The smallest absolute Gasteiger partial charge is 0.274 e. The monoisotopic (exact) mass is 458 g/mol. The lowest BCUT2D eigenvalue weighted by molar-refractivity contribution is 0.0596. The molecule has 176 valence electrons. The van der Waals surface area contributed by atoms with Gasteiger partial charge in [0.15, 0.2) is 5.65 Å². The first-order chi connectivity index (χ1) is 15.9. The zero-order chi connectivity index (χ0) is 23.1. The predicted molar refractivity (Wildman–Crippen MR) is 118 cm³/mol. The van der Waals surface area contributed by atoms with Crippen LogP contribution in [0.25, 0.3) is 5.65 Å². The highest BCUT2D eigenvalue weighted by Crippen LogP contribution is 2.32. The Labute approximate surface area is 190 Å². The molecule has 2 fully saturated rings. The molecule has 0 aromatic carbocycles. The maximum Gasteiger partial charge on any atom is 0.274 e. The number of amides is 1. The molecule has 0 bridgehead atoms. The topological polar surface area (TPSA) is 97.6 Å². The Hall–Kier alpha value is -3.08. The number of halogens is 2. The van der Waals surface area contributed by atoms with Gasteiger partial charge < -0.3 is 15.5 Å². The molecule has 0 radical (unpaired) electrons. The summed E-state index contributed by atoms with van der Waals surface area (Å²) in [6, 6.07) is 3.38. The van der Waals surface area contributed by atoms with Gasteiger partial charge in [-0.15, -0.1) is 0 Å². The number of anilines is 1. The number of hydrogen-bond donors (Lipinski definition) is 1. The summed E-state index contributed by atoms with van der Waals surface area (Å²) in [5.41, 5.74) is 8.77. The zero-order valence-electron chi connectivity index (χ0n) is 18.6. The summed E-state index contributed by atoms with van der Waals surface area (Å²) in [4.78, 5) is 22.0. The van der Waals surface area contributed by atoms with Crippen LogP contribution >= 0.6 is 0 Å². The minimum Gasteiger partial charge on any atom is -0.355 e. The van der Waals surface area contributed by atoms with Crippen LogP contribution in [-0.4, -0.2) is 67.3 Å². The number of fused-ring (bicyclic) bond motifs is 1. The zero-order valence-corrected chi connectivity index (χ0v) is 18.6. The molecule has 9 nitrogen and oxygen atoms in total. The van der Waals surface area contributed by atoms with Crippen LogP contribution in [0.4, 0.5) is 14.6 Å². The number of aromatic nitrogens is 5. The second-order valence-corrected chi connectivity index (χ2v) is 8.94. The largest absolute Gasteiger partial charge is 0.355 e. The Kier molecular flexibility index (Phi) is 5.73. The summed E-state index contributed by atoms with van der Waals surface area (Å²) >= 11 is 0. The van der Waals surface area contributed by atoms with Crippen molar-refractivity contribution in [3.63, 3.8) is 0 Å². The molecule has 0 spiro atoms. The first-order valence-corrected chi connectivity index (χ1v) is 11.4. The van der Waals surface area contributed by atoms with Crippen LogP contribution in [0.5, 0.6) is 0 Å². The third kappa shape index (κ3) is 4.29. The highest BCUT2D eigenvalue weighted by Gasteiger charge is 2.32. The fraction of sp³-hybridized carbons (Fsp3) is 0.545. The maximum atomic E-state index is 13.2. The molecule has 0 unspecified atom stereocenters. The van der Waals surface area contributed by atoms with Gasteiger partial charge in [-0.25, -0.2) is 18.3 Å². The van der Waals surface area contributed by atoms with E-state index >= 15 is 0 Å². The van der Waals surface area contributed by atoms with E-state index in [1.54, 1.807) is 9.42 Å². The fourth-order valence-corrected chi connectivity index (χ4v) is 4.83. The van der Waals surface area contributed by atoms with Gasteiger partial charge in [-0.05, 0) is 38.7 Å². The normalized spacial score (nSPS) is 21.5. The molecule has 2 atom stereocenters. The molecule has 0 aliphatic carbocycles. The number of nitrogens with two attached hydrogens (primary N) is 1. The van der Waals surface area contributed by atoms with Gasteiger partial charge in [0.05, 0.1) is 11.7 Å². The molecular formula is C22H28F2N8O. The third-order valence-electron chi connectivity index (χ3n) is 6.44. The Balaban J connectivity index is 1.42. The lowest BCUT2D eigenvalue weighted by Crippen LogP contribution is -2.39. The maximum absolute atomic E-state index is 13.2. The number of nitrogens with zero attached hydrogens (tertiary/aromatic N) is 7. The summed E-state index contributed by atoms with van der Waals surface area (Å²) in [5, 5.41) is 8.80. The van der Waals surface area contributed by atoms with E-state index < -0.39 is 13.0 Å². The fourth-order valence-electron chi connectivity index (χ4n) is 4.83. The van der Waals surface area contributed by atoms with Crippen molar-refractivity contribution in [1.29, 1.82) is 0 Å². The van der Waals surface area contributed by atoms with Gasteiger partial charge in [-0.2, -0.15) is 10.2 Å². The summed E-state index contributed by atoms with van der Waals surface area (Å²) in [7, 11) is 0. The van der Waals surface area contributed by atoms with Crippen LogP contribution in [0.1, 0.15) is 53.5 Å². The third-order valence-corrected chi connectivity index (χ3v) is 6.44. The van der Waals surface area contributed by atoms with E-state index in [4.69, 9.17) is 15.8 Å². The minimum atomic E-state index is -2.52. The highest BCUT2D eigenvalue weighted by molar-refractivity contribution is 5.92. The molecule has 11 heteroatoms. The SMILES string of the molecule is Cc1cn2nc([C@@H]3CCCCN3C(=O)c3ccn(CC(F)F)n3)cc2nc1N1CC[C@H](N)C1. The van der Waals surface area contributed by atoms with Gasteiger partial charge in [-0.3, -0.25) is 9.48 Å².